The van der Waals surface area contributed by atoms with E-state index in [9.17, 15) is 9.59 Å². The molecule has 1 N–H and O–H groups in total. The molecule has 36 heavy (non-hydrogen) atoms. The number of carbonyl (C=O) groups excluding carboxylic acids is 2. The Kier molecular flexibility index (Phi) is 11.4. The summed E-state index contributed by atoms with van der Waals surface area (Å²) in [6.07, 6.45) is 2.66. The average Bonchev–Trinajstić information content (AvgIpc) is 2.89. The van der Waals surface area contributed by atoms with E-state index < -0.39 is 6.04 Å². The van der Waals surface area contributed by atoms with Gasteiger partial charge in [0.25, 0.3) is 0 Å². The van der Waals surface area contributed by atoms with Crippen molar-refractivity contribution in [3.05, 3.63) is 101 Å². The zero-order valence-electron chi connectivity index (χ0n) is 21.1. The highest BCUT2D eigenvalue weighted by molar-refractivity contribution is 7.99. The van der Waals surface area contributed by atoms with Crippen molar-refractivity contribution in [3.8, 4) is 0 Å². The maximum Gasteiger partial charge on any atom is 0.243 e. The minimum Gasteiger partial charge on any atom is -0.354 e. The van der Waals surface area contributed by atoms with Crippen LogP contribution in [0.4, 0.5) is 0 Å². The molecule has 190 valence electrons. The second kappa shape index (κ2) is 14.7. The SMILES string of the molecule is CCCCNC(=O)[C@@H](Cc1ccccc1)N(Cc1ccccc1Cl)C(=O)CCSc1ccc(C)cc1. The maximum atomic E-state index is 13.7. The number of carbonyl (C=O) groups is 2. The molecule has 0 heterocycles. The molecule has 4 nitrogen and oxygen atoms in total. The van der Waals surface area contributed by atoms with Crippen molar-refractivity contribution in [2.45, 2.75) is 57.0 Å². The highest BCUT2D eigenvalue weighted by Crippen LogP contribution is 2.23. The van der Waals surface area contributed by atoms with Crippen LogP contribution >= 0.6 is 23.4 Å². The molecule has 0 radical (unpaired) electrons. The van der Waals surface area contributed by atoms with Crippen molar-refractivity contribution in [2.24, 2.45) is 0 Å². The van der Waals surface area contributed by atoms with Crippen molar-refractivity contribution in [1.82, 2.24) is 10.2 Å². The summed E-state index contributed by atoms with van der Waals surface area (Å²) >= 11 is 8.13. The van der Waals surface area contributed by atoms with Gasteiger partial charge in [-0.2, -0.15) is 0 Å². The van der Waals surface area contributed by atoms with Crippen LogP contribution in [0, 0.1) is 6.92 Å². The Balaban J connectivity index is 1.83. The monoisotopic (exact) mass is 522 g/mol. The number of rotatable bonds is 13. The first-order chi connectivity index (χ1) is 17.5. The number of aryl methyl sites for hydroxylation is 1. The van der Waals surface area contributed by atoms with Crippen LogP contribution in [0.1, 0.15) is 42.9 Å². The highest BCUT2D eigenvalue weighted by atomic mass is 35.5. The third-order valence-electron chi connectivity index (χ3n) is 6.00. The second-order valence-corrected chi connectivity index (χ2v) is 10.5. The third-order valence-corrected chi connectivity index (χ3v) is 7.39. The lowest BCUT2D eigenvalue weighted by molar-refractivity contribution is -0.141. The van der Waals surface area contributed by atoms with Gasteiger partial charge in [-0.3, -0.25) is 9.59 Å². The maximum absolute atomic E-state index is 13.7. The third kappa shape index (κ3) is 8.72. The molecule has 0 saturated heterocycles. The highest BCUT2D eigenvalue weighted by Gasteiger charge is 2.30. The zero-order chi connectivity index (χ0) is 25.8. The first kappa shape index (κ1) is 27.8. The van der Waals surface area contributed by atoms with Gasteiger partial charge >= 0.3 is 0 Å². The summed E-state index contributed by atoms with van der Waals surface area (Å²) < 4.78 is 0. The standard InChI is InChI=1S/C30H35ClN2O2S/c1-3-4-19-32-30(35)28(21-24-10-6-5-7-11-24)33(22-25-12-8-9-13-27(25)31)29(34)18-20-36-26-16-14-23(2)15-17-26/h5-17,28H,3-4,18-22H2,1-2H3,(H,32,35)/t28-/m1/s1. The Bertz CT molecular complexity index is 1110. The van der Waals surface area contributed by atoms with E-state index in [1.54, 1.807) is 16.7 Å². The van der Waals surface area contributed by atoms with Gasteiger partial charge in [0.2, 0.25) is 11.8 Å². The van der Waals surface area contributed by atoms with Gasteiger partial charge in [-0.15, -0.1) is 11.8 Å². The number of hydrogen-bond donors (Lipinski definition) is 1. The molecule has 0 spiro atoms. The lowest BCUT2D eigenvalue weighted by atomic mass is 10.0. The Labute approximate surface area is 224 Å². The fourth-order valence-corrected chi connectivity index (χ4v) is 4.94. The van der Waals surface area contributed by atoms with E-state index in [4.69, 9.17) is 11.6 Å². The van der Waals surface area contributed by atoms with Crippen LogP contribution in [-0.2, 0) is 22.6 Å². The number of nitrogens with zero attached hydrogens (tertiary/aromatic N) is 1. The molecule has 6 heteroatoms. The molecule has 0 bridgehead atoms. The number of halogens is 1. The Hall–Kier alpha value is -2.76. The van der Waals surface area contributed by atoms with Crippen molar-refractivity contribution in [1.29, 1.82) is 0 Å². The molecule has 3 aromatic rings. The Morgan fingerprint density at radius 1 is 0.972 bits per heavy atom. The largest absolute Gasteiger partial charge is 0.354 e. The van der Waals surface area contributed by atoms with Gasteiger partial charge in [0.05, 0.1) is 0 Å². The molecule has 0 aromatic heterocycles. The van der Waals surface area contributed by atoms with E-state index in [1.165, 1.54) is 5.56 Å². The Morgan fingerprint density at radius 3 is 2.36 bits per heavy atom. The van der Waals surface area contributed by atoms with Gasteiger partial charge in [-0.25, -0.2) is 0 Å². The van der Waals surface area contributed by atoms with E-state index >= 15 is 0 Å². The summed E-state index contributed by atoms with van der Waals surface area (Å²) in [5.74, 6) is 0.455. The van der Waals surface area contributed by atoms with E-state index in [0.717, 1.165) is 28.9 Å². The molecule has 3 rings (SSSR count). The number of amides is 2. The number of hydrogen-bond acceptors (Lipinski definition) is 3. The van der Waals surface area contributed by atoms with Crippen molar-refractivity contribution in [2.75, 3.05) is 12.3 Å². The topological polar surface area (TPSA) is 49.4 Å². The van der Waals surface area contributed by atoms with Crippen molar-refractivity contribution < 1.29 is 9.59 Å². The molecule has 3 aromatic carbocycles. The summed E-state index contributed by atoms with van der Waals surface area (Å²) in [6, 6.07) is 25.0. The van der Waals surface area contributed by atoms with Crippen LogP contribution < -0.4 is 5.32 Å². The van der Waals surface area contributed by atoms with Crippen molar-refractivity contribution >= 4 is 35.2 Å². The van der Waals surface area contributed by atoms with Crippen LogP contribution in [0.3, 0.4) is 0 Å². The van der Waals surface area contributed by atoms with E-state index in [-0.39, 0.29) is 18.4 Å². The quantitative estimate of drug-likeness (QED) is 0.201. The van der Waals surface area contributed by atoms with Gasteiger partial charge in [0.15, 0.2) is 0 Å². The average molecular weight is 523 g/mol. The van der Waals surface area contributed by atoms with Gasteiger partial charge in [0, 0.05) is 41.6 Å². The summed E-state index contributed by atoms with van der Waals surface area (Å²) in [5.41, 5.74) is 3.05. The molecule has 0 aliphatic rings. The number of nitrogens with one attached hydrogen (secondary N) is 1. The smallest absolute Gasteiger partial charge is 0.243 e. The normalized spacial score (nSPS) is 11.6. The van der Waals surface area contributed by atoms with Gasteiger partial charge in [-0.1, -0.05) is 91.2 Å². The van der Waals surface area contributed by atoms with Gasteiger partial charge in [0.1, 0.15) is 6.04 Å². The summed E-state index contributed by atoms with van der Waals surface area (Å²) in [4.78, 5) is 29.9. The summed E-state index contributed by atoms with van der Waals surface area (Å²) in [6.45, 7) is 5.03. The van der Waals surface area contributed by atoms with Crippen LogP contribution in [0.15, 0.2) is 83.8 Å². The predicted octanol–water partition coefficient (Wildman–Crippen LogP) is 6.69. The lowest BCUT2D eigenvalue weighted by Crippen LogP contribution is -2.50. The van der Waals surface area contributed by atoms with Gasteiger partial charge < -0.3 is 10.2 Å². The molecular weight excluding hydrogens is 488 g/mol. The zero-order valence-corrected chi connectivity index (χ0v) is 22.7. The first-order valence-corrected chi connectivity index (χ1v) is 13.9. The molecule has 0 aliphatic carbocycles. The fraction of sp³-hybridized carbons (Fsp3) is 0.333. The molecule has 0 fully saturated rings. The first-order valence-electron chi connectivity index (χ1n) is 12.5. The van der Waals surface area contributed by atoms with E-state index in [2.05, 4.69) is 43.4 Å². The number of unbranched alkanes of at least 4 members (excludes halogenated alkanes) is 1. The Morgan fingerprint density at radius 2 is 1.67 bits per heavy atom. The minimum atomic E-state index is -0.627. The molecular formula is C30H35ClN2O2S. The molecule has 2 amide bonds. The predicted molar refractivity (Wildman–Crippen MR) is 150 cm³/mol. The fourth-order valence-electron chi connectivity index (χ4n) is 3.90. The summed E-state index contributed by atoms with van der Waals surface area (Å²) in [5, 5.41) is 3.65. The molecule has 1 atom stereocenters. The van der Waals surface area contributed by atoms with Crippen LogP contribution in [0.25, 0.3) is 0 Å². The van der Waals surface area contributed by atoms with Crippen LogP contribution in [-0.4, -0.2) is 35.1 Å². The minimum absolute atomic E-state index is 0.0545. The van der Waals surface area contributed by atoms with Gasteiger partial charge in [-0.05, 0) is 42.7 Å². The van der Waals surface area contributed by atoms with E-state index in [1.807, 2.05) is 54.6 Å². The van der Waals surface area contributed by atoms with E-state index in [0.29, 0.717) is 30.2 Å². The van der Waals surface area contributed by atoms with Crippen LogP contribution in [0.5, 0.6) is 0 Å². The molecule has 0 unspecified atom stereocenters. The number of benzene rings is 3. The molecule has 0 saturated carbocycles. The second-order valence-electron chi connectivity index (χ2n) is 8.87. The van der Waals surface area contributed by atoms with Crippen molar-refractivity contribution in [3.63, 3.8) is 0 Å². The van der Waals surface area contributed by atoms with Crippen LogP contribution in [0.2, 0.25) is 5.02 Å². The summed E-state index contributed by atoms with van der Waals surface area (Å²) in [7, 11) is 0. The number of thioether (sulfide) groups is 1. The lowest BCUT2D eigenvalue weighted by Gasteiger charge is -2.32. The molecule has 0 aliphatic heterocycles.